The molecule has 1 heterocycles. The molecule has 0 radical (unpaired) electrons. The number of methoxy groups -OCH3 is 1. The van der Waals surface area contributed by atoms with Gasteiger partial charge in [-0.2, -0.15) is 0 Å². The van der Waals surface area contributed by atoms with Gasteiger partial charge in [0.2, 0.25) is 5.91 Å². The average molecular weight is 373 g/mol. The predicted octanol–water partition coefficient (Wildman–Crippen LogP) is 4.21. The molecule has 2 amide bonds. The Bertz CT molecular complexity index is 880. The van der Waals surface area contributed by atoms with E-state index in [0.717, 1.165) is 23.2 Å². The highest BCUT2D eigenvalue weighted by molar-refractivity contribution is 6.31. The number of aryl methyl sites for hydroxylation is 1. The van der Waals surface area contributed by atoms with Crippen molar-refractivity contribution in [3.8, 4) is 5.75 Å². The lowest BCUT2D eigenvalue weighted by Crippen LogP contribution is -2.27. The van der Waals surface area contributed by atoms with Crippen LogP contribution in [0.15, 0.2) is 30.3 Å². The summed E-state index contributed by atoms with van der Waals surface area (Å²) in [6.45, 7) is 4.38. The number of hydrogen-bond donors (Lipinski definition) is 1. The summed E-state index contributed by atoms with van der Waals surface area (Å²) in [5.74, 6) is 0.380. The molecule has 0 aliphatic carbocycles. The fourth-order valence-corrected chi connectivity index (χ4v) is 3.27. The van der Waals surface area contributed by atoms with E-state index in [2.05, 4.69) is 5.32 Å². The molecular weight excluding hydrogens is 352 g/mol. The number of amides is 2. The molecule has 1 aliphatic rings. The van der Waals surface area contributed by atoms with E-state index in [1.807, 2.05) is 26.0 Å². The number of carbonyl (C=O) groups is 2. The second kappa shape index (κ2) is 7.38. The monoisotopic (exact) mass is 372 g/mol. The maximum Gasteiger partial charge on any atom is 0.255 e. The number of carbonyl (C=O) groups excluding carboxylic acids is 2. The largest absolute Gasteiger partial charge is 0.495 e. The van der Waals surface area contributed by atoms with Crippen molar-refractivity contribution in [3.63, 3.8) is 0 Å². The summed E-state index contributed by atoms with van der Waals surface area (Å²) in [4.78, 5) is 26.4. The third-order valence-corrected chi connectivity index (χ3v) is 4.98. The van der Waals surface area contributed by atoms with Gasteiger partial charge in [0.25, 0.3) is 5.91 Å². The van der Waals surface area contributed by atoms with E-state index in [0.29, 0.717) is 35.0 Å². The number of fused-ring (bicyclic) bond motifs is 1. The number of ether oxygens (including phenoxy) is 1. The van der Waals surface area contributed by atoms with Gasteiger partial charge in [0, 0.05) is 35.3 Å². The molecule has 0 saturated heterocycles. The van der Waals surface area contributed by atoms with Gasteiger partial charge in [-0.25, -0.2) is 0 Å². The van der Waals surface area contributed by atoms with Gasteiger partial charge >= 0.3 is 0 Å². The molecule has 6 heteroatoms. The standard InChI is InChI=1S/C20H21ClN2O3/c1-4-19(24)23-8-7-13-10-14(5-6-17(13)23)20(25)22-16-9-12(2)15(21)11-18(16)26-3/h5-6,9-11H,4,7-8H2,1-3H3,(H,22,25). The van der Waals surface area contributed by atoms with Crippen LogP contribution >= 0.6 is 11.6 Å². The van der Waals surface area contributed by atoms with Crippen LogP contribution in [0, 0.1) is 6.92 Å². The Morgan fingerprint density at radius 3 is 2.73 bits per heavy atom. The Morgan fingerprint density at radius 2 is 2.04 bits per heavy atom. The number of rotatable bonds is 4. The van der Waals surface area contributed by atoms with E-state index in [1.54, 1.807) is 23.1 Å². The molecule has 26 heavy (non-hydrogen) atoms. The van der Waals surface area contributed by atoms with Crippen molar-refractivity contribution < 1.29 is 14.3 Å². The highest BCUT2D eigenvalue weighted by atomic mass is 35.5. The number of nitrogens with zero attached hydrogens (tertiary/aromatic N) is 1. The lowest BCUT2D eigenvalue weighted by molar-refractivity contribution is -0.118. The smallest absolute Gasteiger partial charge is 0.255 e. The van der Waals surface area contributed by atoms with Gasteiger partial charge < -0.3 is 15.0 Å². The fourth-order valence-electron chi connectivity index (χ4n) is 3.12. The van der Waals surface area contributed by atoms with E-state index in [4.69, 9.17) is 16.3 Å². The lowest BCUT2D eigenvalue weighted by Gasteiger charge is -2.16. The molecule has 2 aromatic carbocycles. The van der Waals surface area contributed by atoms with E-state index >= 15 is 0 Å². The lowest BCUT2D eigenvalue weighted by atomic mass is 10.1. The van der Waals surface area contributed by atoms with Crippen molar-refractivity contribution >= 4 is 34.8 Å². The second-order valence-electron chi connectivity index (χ2n) is 6.25. The SMILES string of the molecule is CCC(=O)N1CCc2cc(C(=O)Nc3cc(C)c(Cl)cc3OC)ccc21. The van der Waals surface area contributed by atoms with Crippen LogP contribution in [-0.2, 0) is 11.2 Å². The number of halogens is 1. The van der Waals surface area contributed by atoms with Crippen LogP contribution in [0.2, 0.25) is 5.02 Å². The van der Waals surface area contributed by atoms with Gasteiger partial charge in [-0.05, 0) is 48.7 Å². The van der Waals surface area contributed by atoms with E-state index in [1.165, 1.54) is 7.11 Å². The first kappa shape index (κ1) is 18.3. The zero-order chi connectivity index (χ0) is 18.8. The van der Waals surface area contributed by atoms with Crippen LogP contribution in [0.1, 0.15) is 34.8 Å². The Kier molecular flexibility index (Phi) is 5.18. The molecule has 0 fully saturated rings. The minimum atomic E-state index is -0.229. The molecule has 1 N–H and O–H groups in total. The van der Waals surface area contributed by atoms with Crippen molar-refractivity contribution in [1.29, 1.82) is 0 Å². The van der Waals surface area contributed by atoms with Crippen LogP contribution in [0.25, 0.3) is 0 Å². The van der Waals surface area contributed by atoms with Crippen molar-refractivity contribution in [1.82, 2.24) is 0 Å². The molecule has 136 valence electrons. The topological polar surface area (TPSA) is 58.6 Å². The molecule has 0 spiro atoms. The van der Waals surface area contributed by atoms with Crippen molar-refractivity contribution in [3.05, 3.63) is 52.0 Å². The zero-order valence-corrected chi connectivity index (χ0v) is 15.8. The Balaban J connectivity index is 1.84. The number of nitrogens with one attached hydrogen (secondary N) is 1. The van der Waals surface area contributed by atoms with Crippen LogP contribution in [0.4, 0.5) is 11.4 Å². The minimum absolute atomic E-state index is 0.0994. The molecule has 5 nitrogen and oxygen atoms in total. The molecule has 3 rings (SSSR count). The fraction of sp³-hybridized carbons (Fsp3) is 0.300. The highest BCUT2D eigenvalue weighted by Crippen LogP contribution is 2.32. The van der Waals surface area contributed by atoms with E-state index in [9.17, 15) is 9.59 Å². The third-order valence-electron chi connectivity index (χ3n) is 4.57. The summed E-state index contributed by atoms with van der Waals surface area (Å²) in [5.41, 5.74) is 3.88. The number of hydrogen-bond acceptors (Lipinski definition) is 3. The summed E-state index contributed by atoms with van der Waals surface area (Å²) in [6, 6.07) is 8.90. The van der Waals surface area contributed by atoms with E-state index < -0.39 is 0 Å². The van der Waals surface area contributed by atoms with Crippen LogP contribution in [0.3, 0.4) is 0 Å². The summed E-state index contributed by atoms with van der Waals surface area (Å²) in [7, 11) is 1.53. The molecule has 0 atom stereocenters. The Morgan fingerprint density at radius 1 is 1.27 bits per heavy atom. The molecular formula is C20H21ClN2O3. The first-order valence-electron chi connectivity index (χ1n) is 8.53. The predicted molar refractivity (Wildman–Crippen MR) is 103 cm³/mol. The summed E-state index contributed by atoms with van der Waals surface area (Å²) < 4.78 is 5.30. The molecule has 0 unspecified atom stereocenters. The van der Waals surface area contributed by atoms with Gasteiger partial charge in [0.15, 0.2) is 0 Å². The zero-order valence-electron chi connectivity index (χ0n) is 15.1. The summed E-state index contributed by atoms with van der Waals surface area (Å²) >= 11 is 6.11. The number of benzene rings is 2. The van der Waals surface area contributed by atoms with Crippen LogP contribution in [0.5, 0.6) is 5.75 Å². The second-order valence-corrected chi connectivity index (χ2v) is 6.66. The molecule has 1 aliphatic heterocycles. The maximum absolute atomic E-state index is 12.7. The van der Waals surface area contributed by atoms with Gasteiger partial charge in [-0.15, -0.1) is 0 Å². The Labute approximate surface area is 157 Å². The molecule has 0 saturated carbocycles. The molecule has 0 bridgehead atoms. The number of anilines is 2. The Hall–Kier alpha value is -2.53. The van der Waals surface area contributed by atoms with Crippen molar-refractivity contribution in [2.45, 2.75) is 26.7 Å². The van der Waals surface area contributed by atoms with Gasteiger partial charge in [0.1, 0.15) is 5.75 Å². The normalized spacial score (nSPS) is 12.7. The van der Waals surface area contributed by atoms with Crippen LogP contribution in [-0.4, -0.2) is 25.5 Å². The summed E-state index contributed by atoms with van der Waals surface area (Å²) in [5, 5.41) is 3.46. The summed E-state index contributed by atoms with van der Waals surface area (Å²) in [6.07, 6.45) is 1.23. The van der Waals surface area contributed by atoms with Gasteiger partial charge in [0.05, 0.1) is 12.8 Å². The first-order chi connectivity index (χ1) is 12.4. The molecule has 2 aromatic rings. The average Bonchev–Trinajstić information content (AvgIpc) is 3.07. The van der Waals surface area contributed by atoms with Crippen molar-refractivity contribution in [2.24, 2.45) is 0 Å². The first-order valence-corrected chi connectivity index (χ1v) is 8.91. The van der Waals surface area contributed by atoms with Gasteiger partial charge in [-0.1, -0.05) is 18.5 Å². The van der Waals surface area contributed by atoms with Gasteiger partial charge in [-0.3, -0.25) is 9.59 Å². The van der Waals surface area contributed by atoms with E-state index in [-0.39, 0.29) is 11.8 Å². The molecule has 0 aromatic heterocycles. The highest BCUT2D eigenvalue weighted by Gasteiger charge is 2.24. The third kappa shape index (κ3) is 3.40. The minimum Gasteiger partial charge on any atom is -0.495 e. The van der Waals surface area contributed by atoms with Crippen molar-refractivity contribution in [2.75, 3.05) is 23.9 Å². The quantitative estimate of drug-likeness (QED) is 0.874. The maximum atomic E-state index is 12.7. The van der Waals surface area contributed by atoms with Crippen LogP contribution < -0.4 is 15.0 Å².